The zero-order valence-electron chi connectivity index (χ0n) is 10.5. The van der Waals surface area contributed by atoms with E-state index >= 15 is 0 Å². The highest BCUT2D eigenvalue weighted by atomic mass is 32.2. The molecule has 1 aromatic carbocycles. The van der Waals surface area contributed by atoms with E-state index in [1.54, 1.807) is 0 Å². The molecule has 2 rings (SSSR count). The predicted octanol–water partition coefficient (Wildman–Crippen LogP) is 3.49. The van der Waals surface area contributed by atoms with Crippen LogP contribution in [0.2, 0.25) is 0 Å². The molecule has 0 aromatic heterocycles. The van der Waals surface area contributed by atoms with E-state index in [-0.39, 0.29) is 0 Å². The van der Waals surface area contributed by atoms with Crippen LogP contribution in [0.4, 0.5) is 0 Å². The lowest BCUT2D eigenvalue weighted by Crippen LogP contribution is -2.34. The molecule has 1 aromatic rings. The van der Waals surface area contributed by atoms with Gasteiger partial charge in [0.15, 0.2) is 0 Å². The quantitative estimate of drug-likeness (QED) is 0.775. The number of unbranched alkanes of at least 4 members (excludes halogenated alkanes) is 1. The Hall–Kier alpha value is -0.470. The fraction of sp³-hybridized carbons (Fsp3) is 0.600. The Labute approximate surface area is 109 Å². The van der Waals surface area contributed by atoms with Gasteiger partial charge in [0.2, 0.25) is 0 Å². The zero-order valence-corrected chi connectivity index (χ0v) is 11.3. The summed E-state index contributed by atoms with van der Waals surface area (Å²) in [5.41, 5.74) is 1.47. The summed E-state index contributed by atoms with van der Waals surface area (Å²) in [6, 6.07) is 11.6. The minimum Gasteiger partial charge on any atom is -0.313 e. The van der Waals surface area contributed by atoms with Gasteiger partial charge in [0.25, 0.3) is 0 Å². The Kier molecular flexibility index (Phi) is 5.94. The molecule has 1 nitrogen and oxygen atoms in total. The van der Waals surface area contributed by atoms with Crippen molar-refractivity contribution in [2.45, 2.75) is 38.1 Å². The topological polar surface area (TPSA) is 12.0 Å². The van der Waals surface area contributed by atoms with Gasteiger partial charge in [-0.25, -0.2) is 0 Å². The molecule has 17 heavy (non-hydrogen) atoms. The molecule has 94 valence electrons. The summed E-state index contributed by atoms with van der Waals surface area (Å²) in [6.45, 7) is 1.19. The number of aryl methyl sites for hydroxylation is 1. The average molecular weight is 249 g/mol. The summed E-state index contributed by atoms with van der Waals surface area (Å²) in [7, 11) is 0. The summed E-state index contributed by atoms with van der Waals surface area (Å²) in [5, 5.41) is 3.69. The first-order valence-corrected chi connectivity index (χ1v) is 7.96. The zero-order chi connectivity index (χ0) is 11.8. The first kappa shape index (κ1) is 13.0. The Balaban J connectivity index is 1.51. The third-order valence-electron chi connectivity index (χ3n) is 3.33. The third kappa shape index (κ3) is 5.13. The van der Waals surface area contributed by atoms with Crippen molar-refractivity contribution >= 4 is 11.8 Å². The van der Waals surface area contributed by atoms with E-state index in [9.17, 15) is 0 Å². The van der Waals surface area contributed by atoms with Gasteiger partial charge in [0.1, 0.15) is 0 Å². The molecular formula is C15H23NS. The molecule has 2 heteroatoms. The van der Waals surface area contributed by atoms with Crippen molar-refractivity contribution in [3.8, 4) is 0 Å². The number of benzene rings is 1. The van der Waals surface area contributed by atoms with Crippen LogP contribution in [0.1, 0.15) is 31.2 Å². The van der Waals surface area contributed by atoms with Gasteiger partial charge >= 0.3 is 0 Å². The highest BCUT2D eigenvalue weighted by Gasteiger charge is 2.11. The molecule has 0 amide bonds. The van der Waals surface area contributed by atoms with Gasteiger partial charge in [-0.05, 0) is 50.0 Å². The van der Waals surface area contributed by atoms with E-state index in [4.69, 9.17) is 0 Å². The summed E-state index contributed by atoms with van der Waals surface area (Å²) >= 11 is 2.10. The number of nitrogens with one attached hydrogen (secondary N) is 1. The maximum absolute atomic E-state index is 3.69. The summed E-state index contributed by atoms with van der Waals surface area (Å²) < 4.78 is 0. The Morgan fingerprint density at radius 3 is 2.82 bits per heavy atom. The Bertz CT molecular complexity index is 293. The van der Waals surface area contributed by atoms with Crippen molar-refractivity contribution in [1.29, 1.82) is 0 Å². The molecule has 1 aliphatic rings. The van der Waals surface area contributed by atoms with Crippen LogP contribution in [0.15, 0.2) is 30.3 Å². The lowest BCUT2D eigenvalue weighted by Gasteiger charge is -2.22. The first-order chi connectivity index (χ1) is 8.45. The second-order valence-electron chi connectivity index (χ2n) is 4.81. The minimum atomic E-state index is 0.783. The lowest BCUT2D eigenvalue weighted by molar-refractivity contribution is 0.495. The van der Waals surface area contributed by atoms with Crippen molar-refractivity contribution in [3.05, 3.63) is 35.9 Å². The van der Waals surface area contributed by atoms with Crippen molar-refractivity contribution < 1.29 is 0 Å². The molecular weight excluding hydrogens is 226 g/mol. The highest BCUT2D eigenvalue weighted by Crippen LogP contribution is 2.16. The van der Waals surface area contributed by atoms with Crippen molar-refractivity contribution in [2.75, 3.05) is 18.1 Å². The minimum absolute atomic E-state index is 0.783. The van der Waals surface area contributed by atoms with Crippen LogP contribution < -0.4 is 5.32 Å². The van der Waals surface area contributed by atoms with E-state index in [2.05, 4.69) is 47.4 Å². The van der Waals surface area contributed by atoms with Crippen molar-refractivity contribution in [2.24, 2.45) is 0 Å². The van der Waals surface area contributed by atoms with E-state index in [0.29, 0.717) is 0 Å². The van der Waals surface area contributed by atoms with Crippen molar-refractivity contribution in [1.82, 2.24) is 5.32 Å². The molecule has 1 fully saturated rings. The molecule has 1 heterocycles. The summed E-state index contributed by atoms with van der Waals surface area (Å²) in [4.78, 5) is 0. The van der Waals surface area contributed by atoms with Gasteiger partial charge in [-0.3, -0.25) is 0 Å². The van der Waals surface area contributed by atoms with Gasteiger partial charge in [0, 0.05) is 11.8 Å². The van der Waals surface area contributed by atoms with Gasteiger partial charge in [-0.1, -0.05) is 30.3 Å². The van der Waals surface area contributed by atoms with Crippen LogP contribution in [0.25, 0.3) is 0 Å². The number of hydrogen-bond acceptors (Lipinski definition) is 2. The lowest BCUT2D eigenvalue weighted by atomic mass is 10.1. The fourth-order valence-corrected chi connectivity index (χ4v) is 3.41. The van der Waals surface area contributed by atoms with E-state index in [1.165, 1.54) is 55.7 Å². The number of thioether (sulfide) groups is 1. The van der Waals surface area contributed by atoms with Crippen LogP contribution >= 0.6 is 11.8 Å². The van der Waals surface area contributed by atoms with Crippen LogP contribution in [0.5, 0.6) is 0 Å². The van der Waals surface area contributed by atoms with E-state index < -0.39 is 0 Å². The molecule has 1 aliphatic heterocycles. The van der Waals surface area contributed by atoms with Gasteiger partial charge in [-0.15, -0.1) is 0 Å². The molecule has 1 unspecified atom stereocenters. The molecule has 0 spiro atoms. The van der Waals surface area contributed by atoms with Crippen LogP contribution in [0.3, 0.4) is 0 Å². The molecule has 1 atom stereocenters. The number of rotatable bonds is 6. The first-order valence-electron chi connectivity index (χ1n) is 6.80. The fourth-order valence-electron chi connectivity index (χ4n) is 2.31. The average Bonchev–Trinajstić information content (AvgIpc) is 2.41. The molecule has 0 radical (unpaired) electrons. The SMILES string of the molecule is c1ccc(CCCCNC2CCCSC2)cc1. The standard InChI is InChI=1S/C15H23NS/c1-2-7-14(8-3-1)9-4-5-11-16-15-10-6-12-17-13-15/h1-3,7-8,15-16H,4-6,9-13H2. The maximum Gasteiger partial charge on any atom is 0.0158 e. The number of hydrogen-bond donors (Lipinski definition) is 1. The molecule has 0 bridgehead atoms. The predicted molar refractivity (Wildman–Crippen MR) is 77.7 cm³/mol. The third-order valence-corrected chi connectivity index (χ3v) is 4.54. The van der Waals surface area contributed by atoms with Gasteiger partial charge in [0.05, 0.1) is 0 Å². The Morgan fingerprint density at radius 2 is 2.06 bits per heavy atom. The van der Waals surface area contributed by atoms with Gasteiger partial charge in [-0.2, -0.15) is 11.8 Å². The molecule has 0 saturated carbocycles. The normalized spacial score (nSPS) is 20.4. The molecule has 0 aliphatic carbocycles. The van der Waals surface area contributed by atoms with Crippen molar-refractivity contribution in [3.63, 3.8) is 0 Å². The van der Waals surface area contributed by atoms with Crippen LogP contribution in [-0.4, -0.2) is 24.1 Å². The maximum atomic E-state index is 3.69. The molecule has 1 N–H and O–H groups in total. The smallest absolute Gasteiger partial charge is 0.0158 e. The summed E-state index contributed by atoms with van der Waals surface area (Å²) in [6.07, 6.45) is 6.60. The van der Waals surface area contributed by atoms with E-state index in [0.717, 1.165) is 6.04 Å². The monoisotopic (exact) mass is 249 g/mol. The Morgan fingerprint density at radius 1 is 1.18 bits per heavy atom. The summed E-state index contributed by atoms with van der Waals surface area (Å²) in [5.74, 6) is 2.69. The molecule has 1 saturated heterocycles. The largest absolute Gasteiger partial charge is 0.313 e. The second-order valence-corrected chi connectivity index (χ2v) is 5.96. The van der Waals surface area contributed by atoms with Gasteiger partial charge < -0.3 is 5.32 Å². The van der Waals surface area contributed by atoms with Crippen LogP contribution in [0, 0.1) is 0 Å². The highest BCUT2D eigenvalue weighted by molar-refractivity contribution is 7.99. The van der Waals surface area contributed by atoms with E-state index in [1.807, 2.05) is 0 Å². The van der Waals surface area contributed by atoms with Crippen LogP contribution in [-0.2, 0) is 6.42 Å². The second kappa shape index (κ2) is 7.78.